The lowest BCUT2D eigenvalue weighted by Gasteiger charge is -2.29. The molecule has 4 amide bonds. The van der Waals surface area contributed by atoms with Crippen LogP contribution in [0, 0.1) is 11.8 Å². The van der Waals surface area contributed by atoms with Crippen LogP contribution < -0.4 is 10.6 Å². The van der Waals surface area contributed by atoms with E-state index in [-0.39, 0.29) is 35.7 Å². The van der Waals surface area contributed by atoms with Crippen LogP contribution in [-0.2, 0) is 41.4 Å². The van der Waals surface area contributed by atoms with Gasteiger partial charge in [-0.15, -0.1) is 0 Å². The normalized spacial score (nSPS) is 20.3. The third kappa shape index (κ3) is 7.88. The summed E-state index contributed by atoms with van der Waals surface area (Å²) in [6.45, 7) is 9.86. The van der Waals surface area contributed by atoms with Gasteiger partial charge in [-0.3, -0.25) is 9.59 Å². The average Bonchev–Trinajstić information content (AvgIpc) is 4.14. The van der Waals surface area contributed by atoms with Crippen molar-refractivity contribution < 1.29 is 38.1 Å². The van der Waals surface area contributed by atoms with Crippen LogP contribution in [0.15, 0.2) is 48.5 Å². The van der Waals surface area contributed by atoms with Crippen LogP contribution in [0.3, 0.4) is 0 Å². The van der Waals surface area contributed by atoms with Gasteiger partial charge >= 0.3 is 12.2 Å². The Morgan fingerprint density at radius 2 is 1.11 bits per heavy atom. The summed E-state index contributed by atoms with van der Waals surface area (Å²) in [5.74, 6) is 0.171. The van der Waals surface area contributed by atoms with Gasteiger partial charge in [0, 0.05) is 25.9 Å². The highest BCUT2D eigenvalue weighted by Gasteiger charge is 2.45. The Morgan fingerprint density at radius 1 is 0.683 bits per heavy atom. The second kappa shape index (κ2) is 16.9. The van der Waals surface area contributed by atoms with Gasteiger partial charge in [-0.1, -0.05) is 52.0 Å². The summed E-state index contributed by atoms with van der Waals surface area (Å²) in [5, 5.41) is 5.45. The molecule has 16 heteroatoms. The summed E-state index contributed by atoms with van der Waals surface area (Å²) in [5.41, 5.74) is 9.94. The third-order valence-electron chi connectivity index (χ3n) is 13.2. The summed E-state index contributed by atoms with van der Waals surface area (Å²) in [4.78, 5) is 72.6. The second-order valence-electron chi connectivity index (χ2n) is 17.9. The number of H-pyrrole nitrogens is 2. The molecule has 4 N–H and O–H groups in total. The van der Waals surface area contributed by atoms with Gasteiger partial charge < -0.3 is 49.3 Å². The van der Waals surface area contributed by atoms with Gasteiger partial charge in [0.1, 0.15) is 23.7 Å². The van der Waals surface area contributed by atoms with Crippen LogP contribution in [0.25, 0.3) is 44.3 Å². The predicted molar refractivity (Wildman–Crippen MR) is 234 cm³/mol. The number of alkyl carbamates (subject to hydrolysis) is 2. The summed E-state index contributed by atoms with van der Waals surface area (Å²) in [7, 11) is 2.59. The fourth-order valence-electron chi connectivity index (χ4n) is 10.0. The molecule has 1 spiro atoms. The first kappa shape index (κ1) is 42.3. The van der Waals surface area contributed by atoms with Crippen LogP contribution in [0.5, 0.6) is 0 Å². The van der Waals surface area contributed by atoms with E-state index in [4.69, 9.17) is 28.9 Å². The number of aromatic nitrogens is 4. The number of hydrogen-bond acceptors (Lipinski definition) is 10. The molecule has 3 saturated heterocycles. The van der Waals surface area contributed by atoms with E-state index in [9.17, 15) is 19.2 Å². The Bertz CT molecular complexity index is 2410. The lowest BCUT2D eigenvalue weighted by atomic mass is 9.90. The molecule has 332 valence electrons. The standard InChI is InChI=1S/C47H56N8O8/c1-25(2)39(52-45(58)60-5)43(56)54-17-7-9-37(54)41-48-33-15-11-27(21-35(33)50-41)29-13-14-30(32-24-47(23-31(29)32)62-19-20-63-47)28-12-16-34-36(22-28)51-42(49-34)38-10-8-18-55(38)44(57)40(26(3)4)53-46(59)61-6/h11-16,21-22,25-26,37-40H,7-10,17-20,23-24H2,1-6H3,(H,48,50)(H,49,51)(H,52,58)(H,53,59)/t37-,38?,39-,40-/m0/s1. The van der Waals surface area contributed by atoms with Gasteiger partial charge in [-0.25, -0.2) is 19.6 Å². The number of rotatable bonds is 10. The second-order valence-corrected chi connectivity index (χ2v) is 17.9. The summed E-state index contributed by atoms with van der Waals surface area (Å²) >= 11 is 0. The quantitative estimate of drug-likeness (QED) is 0.117. The van der Waals surface area contributed by atoms with Crippen LogP contribution in [0.1, 0.15) is 88.2 Å². The monoisotopic (exact) mass is 860 g/mol. The fraction of sp³-hybridized carbons (Fsp3) is 0.489. The van der Waals surface area contributed by atoms with Gasteiger partial charge in [0.25, 0.3) is 0 Å². The molecule has 3 aromatic carbocycles. The highest BCUT2D eigenvalue weighted by atomic mass is 16.7. The number of carbonyl (C=O) groups is 4. The van der Waals surface area contributed by atoms with Crippen LogP contribution in [0.2, 0.25) is 0 Å². The van der Waals surface area contributed by atoms with E-state index < -0.39 is 30.1 Å². The Kier molecular flexibility index (Phi) is 11.4. The summed E-state index contributed by atoms with van der Waals surface area (Å²) in [6, 6.07) is 14.9. The highest BCUT2D eigenvalue weighted by molar-refractivity contribution is 5.90. The molecule has 5 aromatic rings. The van der Waals surface area contributed by atoms with E-state index in [1.807, 2.05) is 49.6 Å². The lowest BCUT2D eigenvalue weighted by molar-refractivity contribution is -0.147. The molecule has 4 atom stereocenters. The molecule has 16 nitrogen and oxygen atoms in total. The zero-order valence-corrected chi connectivity index (χ0v) is 36.7. The van der Waals surface area contributed by atoms with E-state index in [0.29, 0.717) is 39.1 Å². The van der Waals surface area contributed by atoms with Gasteiger partial charge in [-0.05, 0) is 95.2 Å². The number of nitrogens with one attached hydrogen (secondary N) is 4. The van der Waals surface area contributed by atoms with Crippen molar-refractivity contribution in [2.24, 2.45) is 11.8 Å². The molecule has 2 aromatic heterocycles. The first-order chi connectivity index (χ1) is 30.4. The third-order valence-corrected chi connectivity index (χ3v) is 13.2. The van der Waals surface area contributed by atoms with Crippen molar-refractivity contribution >= 4 is 46.1 Å². The predicted octanol–water partition coefficient (Wildman–Crippen LogP) is 6.70. The minimum absolute atomic E-state index is 0.126. The van der Waals surface area contributed by atoms with Crippen molar-refractivity contribution in [2.75, 3.05) is 40.5 Å². The Balaban J connectivity index is 1.01. The first-order valence-electron chi connectivity index (χ1n) is 22.1. The number of nitrogens with zero attached hydrogens (tertiary/aromatic N) is 4. The number of hydrogen-bond donors (Lipinski definition) is 4. The molecule has 3 fully saturated rings. The van der Waals surface area contributed by atoms with E-state index >= 15 is 0 Å². The molecule has 9 rings (SSSR count). The summed E-state index contributed by atoms with van der Waals surface area (Å²) < 4.78 is 22.3. The van der Waals surface area contributed by atoms with Gasteiger partial charge in [-0.2, -0.15) is 0 Å². The van der Waals surface area contributed by atoms with E-state index in [2.05, 4.69) is 57.0 Å². The van der Waals surface area contributed by atoms with Crippen molar-refractivity contribution in [2.45, 2.75) is 96.2 Å². The number of imidazole rings is 2. The smallest absolute Gasteiger partial charge is 0.407 e. The molecule has 1 aliphatic carbocycles. The number of aromatic amines is 2. The largest absolute Gasteiger partial charge is 0.453 e. The molecule has 4 aliphatic rings. The Morgan fingerprint density at radius 3 is 1.51 bits per heavy atom. The molecule has 5 heterocycles. The molecule has 3 aliphatic heterocycles. The number of ether oxygens (including phenoxy) is 4. The van der Waals surface area contributed by atoms with Gasteiger partial charge in [0.15, 0.2) is 5.79 Å². The summed E-state index contributed by atoms with van der Waals surface area (Å²) in [6.07, 6.45) is 3.14. The number of benzene rings is 3. The van der Waals surface area contributed by atoms with Crippen molar-refractivity contribution in [3.05, 3.63) is 71.3 Å². The number of fused-ring (bicyclic) bond motifs is 3. The maximum atomic E-state index is 13.8. The first-order valence-corrected chi connectivity index (χ1v) is 22.1. The Hall–Kier alpha value is -6.00. The zero-order valence-electron chi connectivity index (χ0n) is 36.7. The zero-order chi connectivity index (χ0) is 44.2. The average molecular weight is 861 g/mol. The number of likely N-dealkylation sites (tertiary alicyclic amines) is 2. The Labute approximate surface area is 365 Å². The number of methoxy groups -OCH3 is 2. The molecule has 0 saturated carbocycles. The maximum absolute atomic E-state index is 13.8. The van der Waals surface area contributed by atoms with Crippen molar-refractivity contribution in [3.8, 4) is 22.3 Å². The molecule has 0 bridgehead atoms. The highest BCUT2D eigenvalue weighted by Crippen LogP contribution is 2.46. The molecular weight excluding hydrogens is 805 g/mol. The van der Waals surface area contributed by atoms with Crippen molar-refractivity contribution in [3.63, 3.8) is 0 Å². The van der Waals surface area contributed by atoms with Crippen molar-refractivity contribution in [1.29, 1.82) is 0 Å². The minimum Gasteiger partial charge on any atom is -0.453 e. The van der Waals surface area contributed by atoms with Crippen LogP contribution in [0.4, 0.5) is 9.59 Å². The van der Waals surface area contributed by atoms with E-state index in [0.717, 1.165) is 81.7 Å². The topological polar surface area (TPSA) is 193 Å². The minimum atomic E-state index is -0.728. The van der Waals surface area contributed by atoms with Gasteiger partial charge in [0.05, 0.1) is 61.6 Å². The van der Waals surface area contributed by atoms with Crippen molar-refractivity contribution in [1.82, 2.24) is 40.4 Å². The van der Waals surface area contributed by atoms with Crippen LogP contribution >= 0.6 is 0 Å². The molecule has 63 heavy (non-hydrogen) atoms. The molecule has 0 radical (unpaired) electrons. The lowest BCUT2D eigenvalue weighted by Crippen LogP contribution is -2.51. The van der Waals surface area contributed by atoms with E-state index in [1.54, 1.807) is 0 Å². The SMILES string of the molecule is COC(=O)N[C@H](C(=O)N1CCCC1c1nc2ccc(-c3ccc(-c4ccc5nc([C@@H]6CCCN6C(=O)[C@@H](NC(=O)OC)C(C)C)[nH]c5c4)c4c3CC3(C4)OCCO3)cc2[nH]1)C(C)C. The number of amides is 4. The van der Waals surface area contributed by atoms with Gasteiger partial charge in [0.2, 0.25) is 11.8 Å². The maximum Gasteiger partial charge on any atom is 0.407 e. The number of carbonyl (C=O) groups excluding carboxylic acids is 4. The molecular formula is C47H56N8O8. The fourth-order valence-corrected chi connectivity index (χ4v) is 10.0. The molecule has 1 unspecified atom stereocenters. The van der Waals surface area contributed by atoms with E-state index in [1.165, 1.54) is 25.3 Å². The van der Waals surface area contributed by atoms with Crippen LogP contribution in [-0.4, -0.2) is 112 Å².